The zero-order valence-corrected chi connectivity index (χ0v) is 9.58. The van der Waals surface area contributed by atoms with E-state index >= 15 is 0 Å². The molecule has 2 aliphatic rings. The SMILES string of the molecule is CCC(CC)CC(O)C1CC2CC2C1. The van der Waals surface area contributed by atoms with E-state index in [0.717, 1.165) is 24.2 Å². The van der Waals surface area contributed by atoms with Gasteiger partial charge >= 0.3 is 0 Å². The lowest BCUT2D eigenvalue weighted by Crippen LogP contribution is -2.22. The molecule has 0 aromatic carbocycles. The van der Waals surface area contributed by atoms with Crippen molar-refractivity contribution in [3.05, 3.63) is 0 Å². The van der Waals surface area contributed by atoms with Gasteiger partial charge in [-0.3, -0.25) is 0 Å². The molecule has 0 aromatic rings. The molecular weight excluding hydrogens is 172 g/mol. The molecule has 3 unspecified atom stereocenters. The molecule has 1 N–H and O–H groups in total. The minimum absolute atomic E-state index is 0.00713. The molecule has 0 amide bonds. The topological polar surface area (TPSA) is 20.2 Å². The smallest absolute Gasteiger partial charge is 0.0571 e. The summed E-state index contributed by atoms with van der Waals surface area (Å²) in [7, 11) is 0. The van der Waals surface area contributed by atoms with Gasteiger partial charge in [0.05, 0.1) is 6.10 Å². The molecule has 0 aliphatic heterocycles. The molecule has 0 radical (unpaired) electrons. The Morgan fingerprint density at radius 1 is 1.07 bits per heavy atom. The Hall–Kier alpha value is -0.0400. The van der Waals surface area contributed by atoms with Crippen LogP contribution in [0.25, 0.3) is 0 Å². The quantitative estimate of drug-likeness (QED) is 0.716. The third-order valence-electron chi connectivity index (χ3n) is 4.55. The van der Waals surface area contributed by atoms with E-state index in [1.54, 1.807) is 0 Å². The fourth-order valence-electron chi connectivity index (χ4n) is 3.23. The summed E-state index contributed by atoms with van der Waals surface area (Å²) in [4.78, 5) is 0. The van der Waals surface area contributed by atoms with E-state index in [9.17, 15) is 5.11 Å². The Morgan fingerprint density at radius 3 is 2.14 bits per heavy atom. The van der Waals surface area contributed by atoms with E-state index in [4.69, 9.17) is 0 Å². The van der Waals surface area contributed by atoms with Crippen LogP contribution in [0.4, 0.5) is 0 Å². The van der Waals surface area contributed by atoms with E-state index < -0.39 is 0 Å². The highest BCUT2D eigenvalue weighted by Gasteiger charge is 2.47. The summed E-state index contributed by atoms with van der Waals surface area (Å²) in [6, 6.07) is 0. The van der Waals surface area contributed by atoms with Crippen molar-refractivity contribution >= 4 is 0 Å². The molecule has 2 saturated carbocycles. The summed E-state index contributed by atoms with van der Waals surface area (Å²) in [5, 5.41) is 10.1. The number of hydrogen-bond acceptors (Lipinski definition) is 1. The van der Waals surface area contributed by atoms with E-state index in [1.807, 2.05) is 0 Å². The molecule has 1 nitrogen and oxygen atoms in total. The van der Waals surface area contributed by atoms with Crippen molar-refractivity contribution in [3.8, 4) is 0 Å². The van der Waals surface area contributed by atoms with Crippen LogP contribution in [-0.4, -0.2) is 11.2 Å². The Morgan fingerprint density at radius 2 is 1.64 bits per heavy atom. The molecular formula is C13H24O. The molecule has 1 heteroatoms. The maximum atomic E-state index is 10.1. The fraction of sp³-hybridized carbons (Fsp3) is 1.00. The summed E-state index contributed by atoms with van der Waals surface area (Å²) in [6.07, 6.45) is 7.64. The highest BCUT2D eigenvalue weighted by Crippen LogP contribution is 2.55. The molecule has 82 valence electrons. The summed E-state index contributed by atoms with van der Waals surface area (Å²) in [6.45, 7) is 4.49. The first-order chi connectivity index (χ1) is 6.74. The van der Waals surface area contributed by atoms with Gasteiger partial charge in [0.1, 0.15) is 0 Å². The maximum Gasteiger partial charge on any atom is 0.0571 e. The fourth-order valence-corrected chi connectivity index (χ4v) is 3.23. The number of hydrogen-bond donors (Lipinski definition) is 1. The largest absolute Gasteiger partial charge is 0.393 e. The minimum Gasteiger partial charge on any atom is -0.393 e. The van der Waals surface area contributed by atoms with Gasteiger partial charge in [0.25, 0.3) is 0 Å². The molecule has 2 aliphatic carbocycles. The molecule has 14 heavy (non-hydrogen) atoms. The third kappa shape index (κ3) is 2.13. The molecule has 0 aromatic heterocycles. The zero-order valence-electron chi connectivity index (χ0n) is 9.58. The van der Waals surface area contributed by atoms with Gasteiger partial charge in [-0.1, -0.05) is 26.7 Å². The predicted octanol–water partition coefficient (Wildman–Crippen LogP) is 3.22. The van der Waals surface area contributed by atoms with Crippen molar-refractivity contribution in [1.82, 2.24) is 0 Å². The Kier molecular flexibility index (Phi) is 3.16. The van der Waals surface area contributed by atoms with Crippen LogP contribution in [-0.2, 0) is 0 Å². The first kappa shape index (κ1) is 10.5. The van der Waals surface area contributed by atoms with Crippen LogP contribution in [0.5, 0.6) is 0 Å². The van der Waals surface area contributed by atoms with Crippen molar-refractivity contribution in [2.75, 3.05) is 0 Å². The van der Waals surface area contributed by atoms with Gasteiger partial charge in [0.15, 0.2) is 0 Å². The van der Waals surface area contributed by atoms with Gasteiger partial charge < -0.3 is 5.11 Å². The second kappa shape index (κ2) is 4.22. The monoisotopic (exact) mass is 196 g/mol. The molecule has 3 atom stereocenters. The Bertz CT molecular complexity index is 176. The average molecular weight is 196 g/mol. The molecule has 0 spiro atoms. The zero-order chi connectivity index (χ0) is 10.1. The second-order valence-corrected chi connectivity index (χ2v) is 5.47. The first-order valence-electron chi connectivity index (χ1n) is 6.42. The predicted molar refractivity (Wildman–Crippen MR) is 59.0 cm³/mol. The van der Waals surface area contributed by atoms with Crippen LogP contribution in [0.2, 0.25) is 0 Å². The van der Waals surface area contributed by atoms with Crippen LogP contribution in [0, 0.1) is 23.7 Å². The summed E-state index contributed by atoms with van der Waals surface area (Å²) < 4.78 is 0. The van der Waals surface area contributed by atoms with Crippen LogP contribution < -0.4 is 0 Å². The molecule has 0 saturated heterocycles. The first-order valence-corrected chi connectivity index (χ1v) is 6.42. The van der Waals surface area contributed by atoms with Crippen molar-refractivity contribution in [2.24, 2.45) is 23.7 Å². The standard InChI is InChI=1S/C13H24O/c1-3-9(4-2)5-13(14)12-7-10-6-11(10)8-12/h9-14H,3-8H2,1-2H3. The van der Waals surface area contributed by atoms with E-state index in [0.29, 0.717) is 5.92 Å². The average Bonchev–Trinajstić information content (AvgIpc) is 2.82. The van der Waals surface area contributed by atoms with Crippen molar-refractivity contribution in [2.45, 2.75) is 58.5 Å². The van der Waals surface area contributed by atoms with E-state index in [2.05, 4.69) is 13.8 Å². The summed E-state index contributed by atoms with van der Waals surface area (Å²) in [5.41, 5.74) is 0. The van der Waals surface area contributed by atoms with Crippen LogP contribution >= 0.6 is 0 Å². The highest BCUT2D eigenvalue weighted by molar-refractivity contribution is 4.97. The van der Waals surface area contributed by atoms with Crippen LogP contribution in [0.15, 0.2) is 0 Å². The molecule has 0 bridgehead atoms. The lowest BCUT2D eigenvalue weighted by molar-refractivity contribution is 0.0767. The van der Waals surface area contributed by atoms with Crippen molar-refractivity contribution in [1.29, 1.82) is 0 Å². The summed E-state index contributed by atoms with van der Waals surface area (Å²) >= 11 is 0. The Labute approximate surface area is 87.9 Å². The lowest BCUT2D eigenvalue weighted by Gasteiger charge is -2.23. The molecule has 2 rings (SSSR count). The molecule has 0 heterocycles. The van der Waals surface area contributed by atoms with E-state index in [-0.39, 0.29) is 6.10 Å². The van der Waals surface area contributed by atoms with Gasteiger partial charge in [0.2, 0.25) is 0 Å². The number of aliphatic hydroxyl groups excluding tert-OH is 1. The third-order valence-corrected chi connectivity index (χ3v) is 4.55. The van der Waals surface area contributed by atoms with Gasteiger partial charge in [-0.25, -0.2) is 0 Å². The normalized spacial score (nSPS) is 37.3. The van der Waals surface area contributed by atoms with Crippen LogP contribution in [0.1, 0.15) is 52.4 Å². The number of fused-ring (bicyclic) bond motifs is 1. The van der Waals surface area contributed by atoms with Gasteiger partial charge in [-0.05, 0) is 49.4 Å². The number of aliphatic hydroxyl groups is 1. The lowest BCUT2D eigenvalue weighted by atomic mass is 9.87. The summed E-state index contributed by atoms with van der Waals surface area (Å²) in [5.74, 6) is 3.42. The number of rotatable bonds is 5. The van der Waals surface area contributed by atoms with Crippen molar-refractivity contribution in [3.63, 3.8) is 0 Å². The van der Waals surface area contributed by atoms with Crippen LogP contribution in [0.3, 0.4) is 0 Å². The maximum absolute atomic E-state index is 10.1. The highest BCUT2D eigenvalue weighted by atomic mass is 16.3. The van der Waals surface area contributed by atoms with Crippen molar-refractivity contribution < 1.29 is 5.11 Å². The van der Waals surface area contributed by atoms with Gasteiger partial charge in [0, 0.05) is 0 Å². The van der Waals surface area contributed by atoms with Gasteiger partial charge in [-0.2, -0.15) is 0 Å². The minimum atomic E-state index is 0.00713. The molecule has 2 fully saturated rings. The Balaban J connectivity index is 1.74. The second-order valence-electron chi connectivity index (χ2n) is 5.47. The van der Waals surface area contributed by atoms with E-state index in [1.165, 1.54) is 32.1 Å². The van der Waals surface area contributed by atoms with Gasteiger partial charge in [-0.15, -0.1) is 0 Å².